The Labute approximate surface area is 174 Å². The first-order chi connectivity index (χ1) is 14.4. The van der Waals surface area contributed by atoms with E-state index >= 15 is 0 Å². The highest BCUT2D eigenvalue weighted by molar-refractivity contribution is 5.95. The van der Waals surface area contributed by atoms with Gasteiger partial charge in [-0.25, -0.2) is 9.59 Å². The van der Waals surface area contributed by atoms with E-state index in [0.29, 0.717) is 30.5 Å². The molecule has 1 aromatic rings. The largest absolute Gasteiger partial charge is 0.493 e. The quantitative estimate of drug-likeness (QED) is 0.337. The number of carbonyl (C=O) groups is 2. The van der Waals surface area contributed by atoms with Gasteiger partial charge in [0.2, 0.25) is 5.75 Å². The summed E-state index contributed by atoms with van der Waals surface area (Å²) in [7, 11) is 1.37. The standard InChI is InChI=1S/C20H27N3O7/c1-5-8-13-16(19(24)29-7-3)17(22-20(25)21-13)12-10-14(23(26)27)18(30-9-6-2)15(11-12)28-4/h10-11,17H,5-9H2,1-4H3,(H2,21,22,25). The van der Waals surface area contributed by atoms with Crippen molar-refractivity contribution in [2.75, 3.05) is 20.3 Å². The van der Waals surface area contributed by atoms with Crippen LogP contribution in [0.25, 0.3) is 0 Å². The lowest BCUT2D eigenvalue weighted by Gasteiger charge is -2.29. The second kappa shape index (κ2) is 10.5. The van der Waals surface area contributed by atoms with Gasteiger partial charge in [0, 0.05) is 11.8 Å². The third kappa shape index (κ3) is 5.00. The zero-order valence-corrected chi connectivity index (χ0v) is 17.6. The van der Waals surface area contributed by atoms with Gasteiger partial charge in [-0.15, -0.1) is 0 Å². The second-order valence-corrected chi connectivity index (χ2v) is 6.57. The summed E-state index contributed by atoms with van der Waals surface area (Å²) in [5, 5.41) is 17.0. The Balaban J connectivity index is 2.67. The number of ether oxygens (including phenoxy) is 3. The molecule has 30 heavy (non-hydrogen) atoms. The summed E-state index contributed by atoms with van der Waals surface area (Å²) in [4.78, 5) is 36.1. The number of nitrogens with one attached hydrogen (secondary N) is 2. The molecule has 0 saturated heterocycles. The number of esters is 1. The van der Waals surface area contributed by atoms with E-state index < -0.39 is 23.0 Å². The van der Waals surface area contributed by atoms with Crippen molar-refractivity contribution in [3.8, 4) is 11.5 Å². The van der Waals surface area contributed by atoms with E-state index in [-0.39, 0.29) is 36.0 Å². The Morgan fingerprint density at radius 1 is 1.23 bits per heavy atom. The highest BCUT2D eigenvalue weighted by Crippen LogP contribution is 2.42. The number of nitrogens with zero attached hydrogens (tertiary/aromatic N) is 1. The van der Waals surface area contributed by atoms with Crippen molar-refractivity contribution in [2.24, 2.45) is 0 Å². The van der Waals surface area contributed by atoms with Gasteiger partial charge >= 0.3 is 17.7 Å². The molecule has 0 saturated carbocycles. The molecule has 0 spiro atoms. The van der Waals surface area contributed by atoms with Crippen LogP contribution in [-0.2, 0) is 9.53 Å². The van der Waals surface area contributed by atoms with Gasteiger partial charge in [-0.05, 0) is 31.4 Å². The lowest BCUT2D eigenvalue weighted by molar-refractivity contribution is -0.386. The van der Waals surface area contributed by atoms with E-state index in [2.05, 4.69) is 10.6 Å². The van der Waals surface area contributed by atoms with E-state index in [1.165, 1.54) is 19.2 Å². The summed E-state index contributed by atoms with van der Waals surface area (Å²) in [6.07, 6.45) is 1.77. The van der Waals surface area contributed by atoms with Crippen molar-refractivity contribution in [1.29, 1.82) is 0 Å². The Hall–Kier alpha value is -3.30. The van der Waals surface area contributed by atoms with E-state index in [9.17, 15) is 19.7 Å². The molecule has 1 aromatic carbocycles. The molecule has 10 heteroatoms. The number of nitro benzene ring substituents is 1. The fraction of sp³-hybridized carbons (Fsp3) is 0.500. The van der Waals surface area contributed by atoms with Gasteiger partial charge in [0.1, 0.15) is 0 Å². The first-order valence-electron chi connectivity index (χ1n) is 9.84. The molecule has 1 atom stereocenters. The number of methoxy groups -OCH3 is 1. The van der Waals surface area contributed by atoms with Crippen LogP contribution in [0.2, 0.25) is 0 Å². The normalized spacial score (nSPS) is 15.9. The smallest absolute Gasteiger partial charge is 0.338 e. The first-order valence-corrected chi connectivity index (χ1v) is 9.84. The van der Waals surface area contributed by atoms with Crippen LogP contribution in [0, 0.1) is 10.1 Å². The lowest BCUT2D eigenvalue weighted by atomic mass is 9.93. The number of hydrogen-bond acceptors (Lipinski definition) is 7. The van der Waals surface area contributed by atoms with Crippen molar-refractivity contribution >= 4 is 17.7 Å². The SMILES string of the molecule is CCCOc1c(OC)cc(C2NC(=O)NC(CCC)=C2C(=O)OCC)cc1[N+](=O)[O-]. The zero-order chi connectivity index (χ0) is 22.3. The van der Waals surface area contributed by atoms with Crippen molar-refractivity contribution in [2.45, 2.75) is 46.1 Å². The maximum absolute atomic E-state index is 12.7. The van der Waals surface area contributed by atoms with Crippen molar-refractivity contribution < 1.29 is 28.7 Å². The second-order valence-electron chi connectivity index (χ2n) is 6.57. The topological polar surface area (TPSA) is 129 Å². The van der Waals surface area contributed by atoms with Crippen molar-refractivity contribution in [1.82, 2.24) is 10.6 Å². The fourth-order valence-electron chi connectivity index (χ4n) is 3.18. The van der Waals surface area contributed by atoms with Crippen LogP contribution in [0.15, 0.2) is 23.4 Å². The summed E-state index contributed by atoms with van der Waals surface area (Å²) in [5.41, 5.74) is 0.634. The van der Waals surface area contributed by atoms with Crippen LogP contribution >= 0.6 is 0 Å². The van der Waals surface area contributed by atoms with Gasteiger partial charge < -0.3 is 24.8 Å². The predicted molar refractivity (Wildman–Crippen MR) is 108 cm³/mol. The minimum Gasteiger partial charge on any atom is -0.493 e. The lowest BCUT2D eigenvalue weighted by Crippen LogP contribution is -2.46. The Morgan fingerprint density at radius 2 is 1.97 bits per heavy atom. The van der Waals surface area contributed by atoms with Gasteiger partial charge in [-0.1, -0.05) is 20.3 Å². The summed E-state index contributed by atoms with van der Waals surface area (Å²) in [6.45, 7) is 5.88. The molecule has 1 heterocycles. The molecule has 1 aliphatic rings. The number of benzene rings is 1. The third-order valence-electron chi connectivity index (χ3n) is 4.41. The first kappa shape index (κ1) is 23.0. The van der Waals surface area contributed by atoms with E-state index in [0.717, 1.165) is 0 Å². The van der Waals surface area contributed by atoms with Crippen LogP contribution < -0.4 is 20.1 Å². The Morgan fingerprint density at radius 3 is 2.53 bits per heavy atom. The molecule has 164 valence electrons. The summed E-state index contributed by atoms with van der Waals surface area (Å²) in [5.74, 6) is -0.462. The fourth-order valence-corrected chi connectivity index (χ4v) is 3.18. The number of carbonyl (C=O) groups excluding carboxylic acids is 2. The van der Waals surface area contributed by atoms with Gasteiger partial charge in [-0.2, -0.15) is 0 Å². The average molecular weight is 421 g/mol. The zero-order valence-electron chi connectivity index (χ0n) is 17.6. The molecular weight excluding hydrogens is 394 g/mol. The average Bonchev–Trinajstić information content (AvgIpc) is 2.71. The molecule has 0 aliphatic carbocycles. The van der Waals surface area contributed by atoms with Crippen LogP contribution in [0.1, 0.15) is 51.6 Å². The van der Waals surface area contributed by atoms with E-state index in [1.807, 2.05) is 13.8 Å². The molecule has 1 unspecified atom stereocenters. The van der Waals surface area contributed by atoms with Crippen molar-refractivity contribution in [3.05, 3.63) is 39.1 Å². The molecular formula is C20H27N3O7. The van der Waals surface area contributed by atoms with E-state index in [4.69, 9.17) is 14.2 Å². The van der Waals surface area contributed by atoms with Crippen LogP contribution in [-0.4, -0.2) is 37.2 Å². The minimum atomic E-state index is -0.938. The summed E-state index contributed by atoms with van der Waals surface area (Å²) < 4.78 is 16.0. The summed E-state index contributed by atoms with van der Waals surface area (Å²) in [6, 6.07) is 1.36. The third-order valence-corrected chi connectivity index (χ3v) is 4.41. The molecule has 2 N–H and O–H groups in total. The predicted octanol–water partition coefficient (Wildman–Crippen LogP) is 3.36. The van der Waals surface area contributed by atoms with Gasteiger partial charge in [0.15, 0.2) is 5.75 Å². The molecule has 0 radical (unpaired) electrons. The molecule has 10 nitrogen and oxygen atoms in total. The molecule has 0 aromatic heterocycles. The molecule has 0 fully saturated rings. The highest BCUT2D eigenvalue weighted by atomic mass is 16.6. The minimum absolute atomic E-state index is 0.00352. The van der Waals surface area contributed by atoms with Gasteiger partial charge in [0.05, 0.1) is 36.9 Å². The van der Waals surface area contributed by atoms with Gasteiger partial charge in [0.25, 0.3) is 0 Å². The molecule has 2 rings (SSSR count). The maximum atomic E-state index is 12.7. The van der Waals surface area contributed by atoms with Crippen LogP contribution in [0.3, 0.4) is 0 Å². The number of rotatable bonds is 10. The van der Waals surface area contributed by atoms with Crippen molar-refractivity contribution in [3.63, 3.8) is 0 Å². The summed E-state index contributed by atoms with van der Waals surface area (Å²) >= 11 is 0. The number of allylic oxidation sites excluding steroid dienone is 1. The Kier molecular flexibility index (Phi) is 8.02. The van der Waals surface area contributed by atoms with Crippen LogP contribution in [0.4, 0.5) is 10.5 Å². The number of nitro groups is 1. The maximum Gasteiger partial charge on any atom is 0.338 e. The van der Waals surface area contributed by atoms with Crippen LogP contribution in [0.5, 0.6) is 11.5 Å². The van der Waals surface area contributed by atoms with Gasteiger partial charge in [-0.3, -0.25) is 10.1 Å². The monoisotopic (exact) mass is 421 g/mol. The van der Waals surface area contributed by atoms with E-state index in [1.54, 1.807) is 6.92 Å². The number of amides is 2. The Bertz CT molecular complexity index is 851. The number of hydrogen-bond donors (Lipinski definition) is 2. The number of urea groups is 1. The molecule has 1 aliphatic heterocycles. The highest BCUT2D eigenvalue weighted by Gasteiger charge is 2.35. The molecule has 2 amide bonds. The molecule has 0 bridgehead atoms.